The largest absolute Gasteiger partial charge is 0.324 e. The molecule has 0 aromatic heterocycles. The first kappa shape index (κ1) is 11.6. The zero-order valence-electron chi connectivity index (χ0n) is 9.85. The van der Waals surface area contributed by atoms with E-state index < -0.39 is 0 Å². The number of hydrogen-bond donors (Lipinski definition) is 1. The van der Waals surface area contributed by atoms with E-state index in [1.807, 2.05) is 13.0 Å². The Morgan fingerprint density at radius 2 is 2.00 bits per heavy atom. The quantitative estimate of drug-likeness (QED) is 0.805. The summed E-state index contributed by atoms with van der Waals surface area (Å²) in [6, 6.07) is 8.70. The van der Waals surface area contributed by atoms with E-state index in [2.05, 4.69) is 5.32 Å². The maximum Gasteiger partial charge on any atom is 0.324 e. The standard InChI is InChI=1S/C13H16N2O2/c1-10-6-5-9-15(10)13(17)14-12(16)11-7-3-2-4-8-11/h2-4,7-8,10H,5-6,9H2,1H3,(H,14,16,17). The molecule has 1 atom stereocenters. The molecule has 2 rings (SSSR count). The van der Waals surface area contributed by atoms with Crippen molar-refractivity contribution in [3.8, 4) is 0 Å². The summed E-state index contributed by atoms with van der Waals surface area (Å²) in [5.41, 5.74) is 0.507. The maximum absolute atomic E-state index is 11.8. The van der Waals surface area contributed by atoms with Crippen LogP contribution in [-0.2, 0) is 0 Å². The van der Waals surface area contributed by atoms with Crippen molar-refractivity contribution in [2.75, 3.05) is 6.54 Å². The summed E-state index contributed by atoms with van der Waals surface area (Å²) in [6.45, 7) is 2.73. The smallest absolute Gasteiger partial charge is 0.322 e. The molecular weight excluding hydrogens is 216 g/mol. The van der Waals surface area contributed by atoms with Crippen LogP contribution in [0.25, 0.3) is 0 Å². The predicted octanol–water partition coefficient (Wildman–Crippen LogP) is 2.02. The molecule has 90 valence electrons. The molecule has 3 amide bonds. The molecule has 1 aliphatic heterocycles. The molecule has 1 unspecified atom stereocenters. The summed E-state index contributed by atoms with van der Waals surface area (Å²) < 4.78 is 0. The van der Waals surface area contributed by atoms with Crippen LogP contribution >= 0.6 is 0 Å². The van der Waals surface area contributed by atoms with Gasteiger partial charge in [0.15, 0.2) is 0 Å². The van der Waals surface area contributed by atoms with Crippen molar-refractivity contribution >= 4 is 11.9 Å². The van der Waals surface area contributed by atoms with Gasteiger partial charge in [0.1, 0.15) is 0 Å². The first-order valence-electron chi connectivity index (χ1n) is 5.85. The number of nitrogens with one attached hydrogen (secondary N) is 1. The van der Waals surface area contributed by atoms with Crippen molar-refractivity contribution in [1.82, 2.24) is 10.2 Å². The lowest BCUT2D eigenvalue weighted by Gasteiger charge is -2.21. The fourth-order valence-electron chi connectivity index (χ4n) is 2.07. The van der Waals surface area contributed by atoms with Gasteiger partial charge in [0, 0.05) is 18.2 Å². The molecule has 0 spiro atoms. The molecule has 4 heteroatoms. The Balaban J connectivity index is 1.97. The molecular formula is C13H16N2O2. The van der Waals surface area contributed by atoms with Gasteiger partial charge in [0.2, 0.25) is 0 Å². The second kappa shape index (κ2) is 4.99. The van der Waals surface area contributed by atoms with E-state index in [0.29, 0.717) is 5.56 Å². The van der Waals surface area contributed by atoms with E-state index >= 15 is 0 Å². The number of urea groups is 1. The zero-order valence-corrected chi connectivity index (χ0v) is 9.85. The van der Waals surface area contributed by atoms with Gasteiger partial charge in [-0.15, -0.1) is 0 Å². The minimum absolute atomic E-state index is 0.221. The lowest BCUT2D eigenvalue weighted by Crippen LogP contribution is -2.44. The summed E-state index contributed by atoms with van der Waals surface area (Å²) in [6.07, 6.45) is 2.01. The highest BCUT2D eigenvalue weighted by Gasteiger charge is 2.26. The predicted molar refractivity (Wildman–Crippen MR) is 64.7 cm³/mol. The van der Waals surface area contributed by atoms with Gasteiger partial charge in [0.25, 0.3) is 5.91 Å². The third-order valence-corrected chi connectivity index (χ3v) is 3.07. The third-order valence-electron chi connectivity index (χ3n) is 3.07. The Bertz CT molecular complexity index is 417. The SMILES string of the molecule is CC1CCCN1C(=O)NC(=O)c1ccccc1. The number of carbonyl (C=O) groups is 2. The van der Waals surface area contributed by atoms with E-state index in [-0.39, 0.29) is 18.0 Å². The van der Waals surface area contributed by atoms with Crippen LogP contribution in [0, 0.1) is 0 Å². The number of carbonyl (C=O) groups excluding carboxylic acids is 2. The van der Waals surface area contributed by atoms with Gasteiger partial charge in [0.05, 0.1) is 0 Å². The lowest BCUT2D eigenvalue weighted by atomic mass is 10.2. The number of imide groups is 1. The number of rotatable bonds is 1. The van der Waals surface area contributed by atoms with Crippen LogP contribution in [0.3, 0.4) is 0 Å². The van der Waals surface area contributed by atoms with Gasteiger partial charge < -0.3 is 4.90 Å². The van der Waals surface area contributed by atoms with Crippen molar-refractivity contribution in [3.63, 3.8) is 0 Å². The van der Waals surface area contributed by atoms with Gasteiger partial charge in [-0.2, -0.15) is 0 Å². The molecule has 0 bridgehead atoms. The highest BCUT2D eigenvalue weighted by Crippen LogP contribution is 2.16. The number of amides is 3. The Labute approximate surface area is 101 Å². The van der Waals surface area contributed by atoms with Crippen molar-refractivity contribution in [2.24, 2.45) is 0 Å². The zero-order chi connectivity index (χ0) is 12.3. The molecule has 0 aliphatic carbocycles. The molecule has 1 aromatic carbocycles. The Morgan fingerprint density at radius 1 is 1.29 bits per heavy atom. The van der Waals surface area contributed by atoms with Crippen LogP contribution in [0.2, 0.25) is 0 Å². The Morgan fingerprint density at radius 3 is 2.59 bits per heavy atom. The molecule has 1 saturated heterocycles. The molecule has 1 N–H and O–H groups in total. The minimum atomic E-state index is -0.338. The van der Waals surface area contributed by atoms with E-state index in [9.17, 15) is 9.59 Å². The topological polar surface area (TPSA) is 49.4 Å². The highest BCUT2D eigenvalue weighted by atomic mass is 16.2. The number of benzene rings is 1. The number of hydrogen-bond acceptors (Lipinski definition) is 2. The van der Waals surface area contributed by atoms with E-state index in [1.165, 1.54) is 0 Å². The first-order valence-corrected chi connectivity index (χ1v) is 5.85. The van der Waals surface area contributed by atoms with Crippen molar-refractivity contribution in [1.29, 1.82) is 0 Å². The summed E-state index contributed by atoms with van der Waals surface area (Å²) in [4.78, 5) is 25.3. The van der Waals surface area contributed by atoms with Crippen LogP contribution in [0.1, 0.15) is 30.1 Å². The van der Waals surface area contributed by atoms with Crippen LogP contribution < -0.4 is 5.32 Å². The van der Waals surface area contributed by atoms with Crippen LogP contribution in [0.15, 0.2) is 30.3 Å². The average Bonchev–Trinajstić information content (AvgIpc) is 2.76. The molecule has 1 fully saturated rings. The van der Waals surface area contributed by atoms with Gasteiger partial charge >= 0.3 is 6.03 Å². The van der Waals surface area contributed by atoms with E-state index in [1.54, 1.807) is 29.2 Å². The molecule has 4 nitrogen and oxygen atoms in total. The first-order chi connectivity index (χ1) is 8.18. The molecule has 1 heterocycles. The van der Waals surface area contributed by atoms with Gasteiger partial charge in [-0.1, -0.05) is 18.2 Å². The normalized spacial score (nSPS) is 19.1. The van der Waals surface area contributed by atoms with E-state index in [4.69, 9.17) is 0 Å². The summed E-state index contributed by atoms with van der Waals surface area (Å²) in [5.74, 6) is -0.338. The van der Waals surface area contributed by atoms with Crippen LogP contribution in [0.5, 0.6) is 0 Å². The molecule has 17 heavy (non-hydrogen) atoms. The highest BCUT2D eigenvalue weighted by molar-refractivity contribution is 6.04. The van der Waals surface area contributed by atoms with Crippen LogP contribution in [0.4, 0.5) is 4.79 Å². The summed E-state index contributed by atoms with van der Waals surface area (Å²) in [7, 11) is 0. The minimum Gasteiger partial charge on any atom is -0.322 e. The monoisotopic (exact) mass is 232 g/mol. The Kier molecular flexibility index (Phi) is 3.42. The molecule has 1 aliphatic rings. The van der Waals surface area contributed by atoms with E-state index in [0.717, 1.165) is 19.4 Å². The summed E-state index contributed by atoms with van der Waals surface area (Å²) in [5, 5.41) is 2.42. The lowest BCUT2D eigenvalue weighted by molar-refractivity contribution is 0.0951. The molecule has 1 aromatic rings. The summed E-state index contributed by atoms with van der Waals surface area (Å²) >= 11 is 0. The fourth-order valence-corrected chi connectivity index (χ4v) is 2.07. The number of nitrogens with zero attached hydrogens (tertiary/aromatic N) is 1. The number of likely N-dealkylation sites (tertiary alicyclic amines) is 1. The second-order valence-electron chi connectivity index (χ2n) is 4.31. The van der Waals surface area contributed by atoms with Crippen molar-refractivity contribution in [3.05, 3.63) is 35.9 Å². The fraction of sp³-hybridized carbons (Fsp3) is 0.385. The van der Waals surface area contributed by atoms with Gasteiger partial charge in [-0.25, -0.2) is 4.79 Å². The molecule has 0 saturated carbocycles. The van der Waals surface area contributed by atoms with Crippen molar-refractivity contribution in [2.45, 2.75) is 25.8 Å². The van der Waals surface area contributed by atoms with Crippen molar-refractivity contribution < 1.29 is 9.59 Å². The Hall–Kier alpha value is -1.84. The average molecular weight is 232 g/mol. The van der Waals surface area contributed by atoms with Gasteiger partial charge in [-0.3, -0.25) is 10.1 Å². The van der Waals surface area contributed by atoms with Crippen LogP contribution in [-0.4, -0.2) is 29.4 Å². The van der Waals surface area contributed by atoms with Gasteiger partial charge in [-0.05, 0) is 31.9 Å². The maximum atomic E-state index is 11.8. The molecule has 0 radical (unpaired) electrons. The second-order valence-corrected chi connectivity index (χ2v) is 4.31. The third kappa shape index (κ3) is 2.64.